The van der Waals surface area contributed by atoms with Crippen molar-refractivity contribution in [3.05, 3.63) is 70.3 Å². The number of halogens is 2. The van der Waals surface area contributed by atoms with Crippen LogP contribution in [0.25, 0.3) is 0 Å². The Morgan fingerprint density at radius 3 is 2.71 bits per heavy atom. The molecular weight excluding hydrogens is 535 g/mol. The maximum Gasteiger partial charge on any atom is 0.240 e. The van der Waals surface area contributed by atoms with Crippen LogP contribution in [0.5, 0.6) is 0 Å². The van der Waals surface area contributed by atoms with Gasteiger partial charge in [-0.15, -0.1) is 5.10 Å². The number of sulfonamides is 1. The van der Waals surface area contributed by atoms with Gasteiger partial charge in [0.2, 0.25) is 15.9 Å². The van der Waals surface area contributed by atoms with Crippen molar-refractivity contribution in [1.29, 1.82) is 0 Å². The number of likely N-dealkylation sites (tertiary alicyclic amines) is 1. The number of piperidine rings is 1. The smallest absolute Gasteiger partial charge is 0.240 e. The van der Waals surface area contributed by atoms with Crippen LogP contribution in [0.4, 0.5) is 10.1 Å². The van der Waals surface area contributed by atoms with Crippen molar-refractivity contribution >= 4 is 33.2 Å². The summed E-state index contributed by atoms with van der Waals surface area (Å²) in [6, 6.07) is 10.4. The maximum atomic E-state index is 13.6. The van der Waals surface area contributed by atoms with Gasteiger partial charge in [0, 0.05) is 32.6 Å². The lowest BCUT2D eigenvalue weighted by atomic mass is 10.1. The highest BCUT2D eigenvalue weighted by Crippen LogP contribution is 2.29. The minimum absolute atomic E-state index is 0.0475. The van der Waals surface area contributed by atoms with E-state index < -0.39 is 10.0 Å². The molecule has 2 aliphatic rings. The van der Waals surface area contributed by atoms with Crippen LogP contribution in [0.15, 0.2) is 47.4 Å². The second-order valence-corrected chi connectivity index (χ2v) is 11.6. The van der Waals surface area contributed by atoms with Crippen LogP contribution in [0.1, 0.15) is 42.8 Å². The number of aromatic nitrogens is 3. The molecule has 0 saturated carbocycles. The number of anilines is 1. The topological polar surface area (TPSA) is 118 Å². The molecule has 0 aliphatic carbocycles. The molecule has 1 atom stereocenters. The highest BCUT2D eigenvalue weighted by Gasteiger charge is 2.29. The Morgan fingerprint density at radius 1 is 1.21 bits per heavy atom. The Morgan fingerprint density at radius 2 is 2.00 bits per heavy atom. The second-order valence-electron chi connectivity index (χ2n) is 9.51. The van der Waals surface area contributed by atoms with Crippen LogP contribution in [0.3, 0.4) is 0 Å². The number of rotatable bonds is 7. The summed E-state index contributed by atoms with van der Waals surface area (Å²) >= 11 is 6.15. The van der Waals surface area contributed by atoms with E-state index in [9.17, 15) is 17.6 Å². The van der Waals surface area contributed by atoms with Gasteiger partial charge in [0.15, 0.2) is 0 Å². The fourth-order valence-corrected chi connectivity index (χ4v) is 6.38. The highest BCUT2D eigenvalue weighted by atomic mass is 35.5. The predicted molar refractivity (Wildman–Crippen MR) is 138 cm³/mol. The van der Waals surface area contributed by atoms with E-state index >= 15 is 0 Å². The molecule has 2 aliphatic heterocycles. The van der Waals surface area contributed by atoms with Crippen LogP contribution in [0, 0.1) is 5.82 Å². The number of nitrogens with zero attached hydrogens (tertiary/aromatic N) is 4. The normalized spacial score (nSPS) is 18.8. The van der Waals surface area contributed by atoms with Crippen LogP contribution in [-0.4, -0.2) is 53.4 Å². The standard InChI is InChI=1S/C25H28ClFN6O4S/c1-16(34)28-22-6-5-20(12-21(22)26)38(35,36)30-19-7-9-32(10-8-19)13-23-24-15-37-25(14-33(24)31-29-23)17-3-2-4-18(27)11-17/h2-6,11-12,19,25,30H,7-10,13-15H2,1H3,(H,28,34)/t25-/m0/s1. The van der Waals surface area contributed by atoms with Gasteiger partial charge in [-0.2, -0.15) is 0 Å². The number of amides is 1. The third-order valence-corrected chi connectivity index (χ3v) is 8.57. The maximum absolute atomic E-state index is 13.6. The van der Waals surface area contributed by atoms with Gasteiger partial charge in [0.05, 0.1) is 34.5 Å². The summed E-state index contributed by atoms with van der Waals surface area (Å²) in [6.45, 7) is 4.12. The van der Waals surface area contributed by atoms with Gasteiger partial charge in [-0.1, -0.05) is 28.9 Å². The number of benzene rings is 2. The molecule has 2 N–H and O–H groups in total. The zero-order chi connectivity index (χ0) is 26.9. The molecule has 1 aromatic heterocycles. The number of hydrogen-bond acceptors (Lipinski definition) is 7. The first kappa shape index (κ1) is 26.7. The molecule has 13 heteroatoms. The molecule has 0 bridgehead atoms. The first-order valence-electron chi connectivity index (χ1n) is 12.3. The molecule has 0 spiro atoms. The van der Waals surface area contributed by atoms with Crippen molar-refractivity contribution in [3.8, 4) is 0 Å². The van der Waals surface area contributed by atoms with Gasteiger partial charge >= 0.3 is 0 Å². The van der Waals surface area contributed by atoms with E-state index in [4.69, 9.17) is 16.3 Å². The number of ether oxygens (including phenoxy) is 1. The summed E-state index contributed by atoms with van der Waals surface area (Å²) in [7, 11) is -3.77. The second kappa shape index (κ2) is 11.1. The van der Waals surface area contributed by atoms with E-state index in [0.717, 1.165) is 17.0 Å². The van der Waals surface area contributed by atoms with E-state index in [1.54, 1.807) is 6.07 Å². The zero-order valence-corrected chi connectivity index (χ0v) is 22.3. The van der Waals surface area contributed by atoms with Crippen molar-refractivity contribution in [2.75, 3.05) is 18.4 Å². The molecular formula is C25H28ClFN6O4S. The predicted octanol–water partition coefficient (Wildman–Crippen LogP) is 3.24. The molecule has 38 heavy (non-hydrogen) atoms. The fourth-order valence-electron chi connectivity index (χ4n) is 4.76. The highest BCUT2D eigenvalue weighted by molar-refractivity contribution is 7.89. The summed E-state index contributed by atoms with van der Waals surface area (Å²) in [5.74, 6) is -0.592. The largest absolute Gasteiger partial charge is 0.365 e. The quantitative estimate of drug-likeness (QED) is 0.454. The van der Waals surface area contributed by atoms with Crippen LogP contribution >= 0.6 is 11.6 Å². The van der Waals surface area contributed by atoms with E-state index in [-0.39, 0.29) is 33.8 Å². The Balaban J connectivity index is 1.15. The summed E-state index contributed by atoms with van der Waals surface area (Å²) in [4.78, 5) is 13.5. The van der Waals surface area contributed by atoms with E-state index in [2.05, 4.69) is 25.3 Å². The minimum atomic E-state index is -3.77. The van der Waals surface area contributed by atoms with Gasteiger partial charge in [0.1, 0.15) is 17.6 Å². The molecule has 2 aromatic carbocycles. The molecule has 3 heterocycles. The summed E-state index contributed by atoms with van der Waals surface area (Å²) < 4.78 is 50.0. The molecule has 5 rings (SSSR count). The number of hydrogen-bond donors (Lipinski definition) is 2. The number of carbonyl (C=O) groups excluding carboxylic acids is 1. The fraction of sp³-hybridized carbons (Fsp3) is 0.400. The van der Waals surface area contributed by atoms with Gasteiger partial charge in [-0.05, 0) is 48.7 Å². The van der Waals surface area contributed by atoms with Crippen LogP contribution < -0.4 is 10.0 Å². The zero-order valence-electron chi connectivity index (χ0n) is 20.7. The van der Waals surface area contributed by atoms with Crippen molar-refractivity contribution in [2.45, 2.75) is 56.5 Å². The van der Waals surface area contributed by atoms with E-state index in [0.29, 0.717) is 51.3 Å². The van der Waals surface area contributed by atoms with Crippen molar-refractivity contribution in [2.24, 2.45) is 0 Å². The van der Waals surface area contributed by atoms with Gasteiger partial charge in [-0.25, -0.2) is 22.2 Å². The van der Waals surface area contributed by atoms with Crippen molar-refractivity contribution < 1.29 is 22.3 Å². The van der Waals surface area contributed by atoms with Gasteiger partial charge in [-0.3, -0.25) is 9.69 Å². The third kappa shape index (κ3) is 6.05. The monoisotopic (exact) mass is 562 g/mol. The lowest BCUT2D eigenvalue weighted by Crippen LogP contribution is -2.44. The SMILES string of the molecule is CC(=O)Nc1ccc(S(=O)(=O)NC2CCN(Cc3nnn4c3CO[C@H](c3cccc(F)c3)C4)CC2)cc1Cl. The van der Waals surface area contributed by atoms with E-state index in [1.165, 1.54) is 37.3 Å². The first-order chi connectivity index (χ1) is 18.2. The average molecular weight is 563 g/mol. The molecule has 3 aromatic rings. The Bertz CT molecular complexity index is 1440. The number of nitrogens with one attached hydrogen (secondary N) is 2. The first-order valence-corrected chi connectivity index (χ1v) is 14.1. The van der Waals surface area contributed by atoms with Crippen molar-refractivity contribution in [3.63, 3.8) is 0 Å². The Labute approximate surface area is 225 Å². The van der Waals surface area contributed by atoms with Crippen LogP contribution in [0.2, 0.25) is 5.02 Å². The molecule has 1 amide bonds. The average Bonchev–Trinajstić information content (AvgIpc) is 3.28. The summed E-state index contributed by atoms with van der Waals surface area (Å²) in [5, 5.41) is 11.4. The number of fused-ring (bicyclic) bond motifs is 1. The molecule has 0 radical (unpaired) electrons. The van der Waals surface area contributed by atoms with Gasteiger partial charge in [0.25, 0.3) is 0 Å². The van der Waals surface area contributed by atoms with E-state index in [1.807, 2.05) is 10.7 Å². The Hall–Kier alpha value is -2.90. The molecule has 10 nitrogen and oxygen atoms in total. The van der Waals surface area contributed by atoms with Crippen molar-refractivity contribution in [1.82, 2.24) is 24.6 Å². The molecule has 1 fully saturated rings. The summed E-state index contributed by atoms with van der Waals surface area (Å²) in [5.41, 5.74) is 2.86. The van der Waals surface area contributed by atoms with Crippen LogP contribution in [-0.2, 0) is 39.3 Å². The van der Waals surface area contributed by atoms with Gasteiger partial charge < -0.3 is 10.1 Å². The lowest BCUT2D eigenvalue weighted by molar-refractivity contribution is -0.114. The molecule has 202 valence electrons. The Kier molecular flexibility index (Phi) is 7.78. The summed E-state index contributed by atoms with van der Waals surface area (Å²) in [6.07, 6.45) is 0.991. The minimum Gasteiger partial charge on any atom is -0.365 e. The molecule has 0 unspecified atom stereocenters. The lowest BCUT2D eigenvalue weighted by Gasteiger charge is -2.32. The third-order valence-electron chi connectivity index (χ3n) is 6.74. The number of carbonyl (C=O) groups is 1. The molecule has 1 saturated heterocycles.